The van der Waals surface area contributed by atoms with E-state index in [9.17, 15) is 0 Å². The Morgan fingerprint density at radius 3 is 2.90 bits per heavy atom. The molecule has 0 saturated carbocycles. The number of nitrogens with one attached hydrogen (secondary N) is 1. The van der Waals surface area contributed by atoms with Crippen molar-refractivity contribution in [3.8, 4) is 11.3 Å². The van der Waals surface area contributed by atoms with Gasteiger partial charge in [-0.2, -0.15) is 0 Å². The van der Waals surface area contributed by atoms with E-state index in [4.69, 9.17) is 9.15 Å². The predicted octanol–water partition coefficient (Wildman–Crippen LogP) is 3.07. The fourth-order valence-electron chi connectivity index (χ4n) is 2.28. The van der Waals surface area contributed by atoms with Gasteiger partial charge >= 0.3 is 0 Å². The molecule has 0 fully saturated rings. The highest BCUT2D eigenvalue weighted by atomic mass is 16.5. The number of hydrogen-bond acceptors (Lipinski definition) is 4. The Kier molecular flexibility index (Phi) is 6.44. The fraction of sp³-hybridized carbons (Fsp3) is 0.471. The minimum absolute atomic E-state index is 0.747. The zero-order valence-corrected chi connectivity index (χ0v) is 12.9. The second-order valence-corrected chi connectivity index (χ2v) is 4.98. The van der Waals surface area contributed by atoms with Crippen LogP contribution in [0, 0.1) is 0 Å². The predicted molar refractivity (Wildman–Crippen MR) is 84.4 cm³/mol. The highest BCUT2D eigenvalue weighted by molar-refractivity contribution is 5.61. The lowest BCUT2D eigenvalue weighted by Gasteiger charge is -2.04. The molecule has 0 aliphatic carbocycles. The number of aryl methyl sites for hydroxylation is 2. The van der Waals surface area contributed by atoms with E-state index in [1.807, 2.05) is 12.3 Å². The summed E-state index contributed by atoms with van der Waals surface area (Å²) in [6.45, 7) is 4.74. The number of hydrogen-bond donors (Lipinski definition) is 1. The lowest BCUT2D eigenvalue weighted by Crippen LogP contribution is -2.20. The van der Waals surface area contributed by atoms with Crippen molar-refractivity contribution in [2.45, 2.75) is 26.2 Å². The van der Waals surface area contributed by atoms with Crippen LogP contribution in [0.3, 0.4) is 0 Å². The lowest BCUT2D eigenvalue weighted by molar-refractivity contribution is 0.199. The Morgan fingerprint density at radius 1 is 1.24 bits per heavy atom. The van der Waals surface area contributed by atoms with Gasteiger partial charge < -0.3 is 14.5 Å². The van der Waals surface area contributed by atoms with E-state index in [2.05, 4.69) is 35.4 Å². The van der Waals surface area contributed by atoms with Crippen LogP contribution in [0.5, 0.6) is 0 Å². The summed E-state index contributed by atoms with van der Waals surface area (Å²) in [7, 11) is 1.71. The van der Waals surface area contributed by atoms with Gasteiger partial charge in [0.2, 0.25) is 0 Å². The summed E-state index contributed by atoms with van der Waals surface area (Å²) in [4.78, 5) is 4.38. The molecule has 114 valence electrons. The molecule has 1 N–H and O–H groups in total. The molecule has 0 spiro atoms. The Balaban J connectivity index is 1.87. The van der Waals surface area contributed by atoms with Crippen LogP contribution in [-0.4, -0.2) is 31.8 Å². The minimum atomic E-state index is 0.747. The molecule has 2 aromatic rings. The molecule has 1 aromatic carbocycles. The molecule has 21 heavy (non-hydrogen) atoms. The number of oxazole rings is 1. The third-order valence-corrected chi connectivity index (χ3v) is 3.44. The number of rotatable bonds is 9. The number of benzene rings is 1. The average Bonchev–Trinajstić information content (AvgIpc) is 2.99. The van der Waals surface area contributed by atoms with E-state index < -0.39 is 0 Å². The van der Waals surface area contributed by atoms with Crippen molar-refractivity contribution in [1.29, 1.82) is 0 Å². The van der Waals surface area contributed by atoms with Crippen molar-refractivity contribution in [3.05, 3.63) is 41.9 Å². The van der Waals surface area contributed by atoms with Crippen LogP contribution in [0.1, 0.15) is 24.8 Å². The summed E-state index contributed by atoms with van der Waals surface area (Å²) < 4.78 is 10.9. The third kappa shape index (κ3) is 4.69. The molecule has 1 heterocycles. The van der Waals surface area contributed by atoms with Gasteiger partial charge in [0.25, 0.3) is 0 Å². The topological polar surface area (TPSA) is 47.3 Å². The highest BCUT2D eigenvalue weighted by Gasteiger charge is 2.09. The Morgan fingerprint density at radius 2 is 2.10 bits per heavy atom. The van der Waals surface area contributed by atoms with Gasteiger partial charge in [0, 0.05) is 25.6 Å². The number of nitrogens with zero attached hydrogens (tertiary/aromatic N) is 1. The van der Waals surface area contributed by atoms with Crippen LogP contribution in [0.2, 0.25) is 0 Å². The van der Waals surface area contributed by atoms with E-state index in [-0.39, 0.29) is 0 Å². The summed E-state index contributed by atoms with van der Waals surface area (Å²) >= 11 is 0. The lowest BCUT2D eigenvalue weighted by atomic mass is 10.0. The maximum Gasteiger partial charge on any atom is 0.194 e. The van der Waals surface area contributed by atoms with Crippen molar-refractivity contribution < 1.29 is 9.15 Å². The molecule has 0 unspecified atom stereocenters. The van der Waals surface area contributed by atoms with Gasteiger partial charge in [-0.25, -0.2) is 4.98 Å². The maximum absolute atomic E-state index is 5.88. The summed E-state index contributed by atoms with van der Waals surface area (Å²) in [5.74, 6) is 1.68. The highest BCUT2D eigenvalue weighted by Crippen LogP contribution is 2.25. The summed E-state index contributed by atoms with van der Waals surface area (Å²) in [5, 5.41) is 3.32. The quantitative estimate of drug-likeness (QED) is 0.720. The monoisotopic (exact) mass is 288 g/mol. The van der Waals surface area contributed by atoms with Crippen LogP contribution >= 0.6 is 0 Å². The van der Waals surface area contributed by atoms with Crippen molar-refractivity contribution in [1.82, 2.24) is 10.3 Å². The van der Waals surface area contributed by atoms with Gasteiger partial charge in [0.05, 0.1) is 12.8 Å². The number of methoxy groups -OCH3 is 1. The van der Waals surface area contributed by atoms with Crippen LogP contribution < -0.4 is 5.32 Å². The molecular weight excluding hydrogens is 264 g/mol. The maximum atomic E-state index is 5.88. The second-order valence-electron chi connectivity index (χ2n) is 4.98. The molecule has 0 saturated heterocycles. The Hall–Kier alpha value is -1.65. The summed E-state index contributed by atoms with van der Waals surface area (Å²) in [6.07, 6.45) is 4.70. The molecule has 0 aliphatic heterocycles. The molecule has 0 amide bonds. The molecule has 4 nitrogen and oxygen atoms in total. The largest absolute Gasteiger partial charge is 0.441 e. The van der Waals surface area contributed by atoms with E-state index in [1.165, 1.54) is 5.56 Å². The molecule has 1 aromatic heterocycles. The first kappa shape index (κ1) is 15.7. The van der Waals surface area contributed by atoms with Crippen molar-refractivity contribution >= 4 is 0 Å². The summed E-state index contributed by atoms with van der Waals surface area (Å²) in [6, 6.07) is 8.33. The minimum Gasteiger partial charge on any atom is -0.441 e. The molecule has 0 atom stereocenters. The smallest absolute Gasteiger partial charge is 0.194 e. The van der Waals surface area contributed by atoms with Gasteiger partial charge in [-0.1, -0.05) is 31.2 Å². The summed E-state index contributed by atoms with van der Waals surface area (Å²) in [5.41, 5.74) is 2.44. The van der Waals surface area contributed by atoms with Gasteiger partial charge in [-0.15, -0.1) is 0 Å². The zero-order chi connectivity index (χ0) is 14.9. The second kappa shape index (κ2) is 8.60. The zero-order valence-electron chi connectivity index (χ0n) is 12.9. The molecular formula is C17H24N2O2. The Labute approximate surface area is 126 Å². The first-order chi connectivity index (χ1) is 10.3. The average molecular weight is 288 g/mol. The third-order valence-electron chi connectivity index (χ3n) is 3.44. The molecule has 0 bridgehead atoms. The first-order valence-corrected chi connectivity index (χ1v) is 7.57. The van der Waals surface area contributed by atoms with Crippen molar-refractivity contribution in [2.75, 3.05) is 26.8 Å². The fourth-order valence-corrected chi connectivity index (χ4v) is 2.28. The van der Waals surface area contributed by atoms with Gasteiger partial charge in [-0.3, -0.25) is 0 Å². The normalized spacial score (nSPS) is 11.0. The molecule has 4 heteroatoms. The van der Waals surface area contributed by atoms with Crippen molar-refractivity contribution in [3.63, 3.8) is 0 Å². The van der Waals surface area contributed by atoms with Gasteiger partial charge in [0.1, 0.15) is 0 Å². The van der Waals surface area contributed by atoms with Crippen LogP contribution in [-0.2, 0) is 17.6 Å². The van der Waals surface area contributed by atoms with Crippen LogP contribution in [0.25, 0.3) is 11.3 Å². The van der Waals surface area contributed by atoms with Crippen LogP contribution in [0.15, 0.2) is 34.9 Å². The van der Waals surface area contributed by atoms with E-state index in [0.717, 1.165) is 56.2 Å². The SMILES string of the molecule is CCc1ccccc1-c1cnc(CCCNCCOC)o1. The van der Waals surface area contributed by atoms with E-state index >= 15 is 0 Å². The molecule has 0 aliphatic rings. The first-order valence-electron chi connectivity index (χ1n) is 7.57. The molecule has 0 radical (unpaired) electrons. The van der Waals surface area contributed by atoms with Gasteiger partial charge in [0.15, 0.2) is 11.7 Å². The van der Waals surface area contributed by atoms with Gasteiger partial charge in [-0.05, 0) is 24.9 Å². The standard InChI is InChI=1S/C17H24N2O2/c1-3-14-7-4-5-8-15(14)16-13-19-17(21-16)9-6-10-18-11-12-20-2/h4-5,7-8,13,18H,3,6,9-12H2,1-2H3. The van der Waals surface area contributed by atoms with Crippen molar-refractivity contribution in [2.24, 2.45) is 0 Å². The van der Waals surface area contributed by atoms with E-state index in [1.54, 1.807) is 7.11 Å². The number of aromatic nitrogens is 1. The van der Waals surface area contributed by atoms with Crippen LogP contribution in [0.4, 0.5) is 0 Å². The molecule has 2 rings (SSSR count). The number of ether oxygens (including phenoxy) is 1. The van der Waals surface area contributed by atoms with E-state index in [0.29, 0.717) is 0 Å². The Bertz CT molecular complexity index is 537.